The highest BCUT2D eigenvalue weighted by Crippen LogP contribution is 2.32. The van der Waals surface area contributed by atoms with Gasteiger partial charge in [0.15, 0.2) is 11.5 Å². The second-order valence-electron chi connectivity index (χ2n) is 5.45. The number of benzene rings is 2. The molecule has 3 heteroatoms. The lowest BCUT2D eigenvalue weighted by atomic mass is 10.00. The average Bonchev–Trinajstić information content (AvgIpc) is 2.44. The normalized spacial score (nSPS) is 11.0. The second kappa shape index (κ2) is 4.77. The van der Waals surface area contributed by atoms with E-state index in [0.29, 0.717) is 0 Å². The first-order valence-corrected chi connectivity index (χ1v) is 6.86. The van der Waals surface area contributed by atoms with Crippen LogP contribution in [0.5, 0.6) is 11.5 Å². The first-order valence-electron chi connectivity index (χ1n) is 6.86. The number of phenols is 2. The van der Waals surface area contributed by atoms with Crippen molar-refractivity contribution < 1.29 is 10.2 Å². The first-order chi connectivity index (χ1) is 9.95. The molecule has 3 nitrogen and oxygen atoms in total. The minimum atomic E-state index is -0.132. The van der Waals surface area contributed by atoms with Gasteiger partial charge in [0.25, 0.3) is 0 Å². The largest absolute Gasteiger partial charge is 0.504 e. The number of fused-ring (bicyclic) bond motifs is 1. The van der Waals surface area contributed by atoms with Crippen molar-refractivity contribution in [1.29, 1.82) is 0 Å². The Morgan fingerprint density at radius 3 is 2.24 bits per heavy atom. The molecule has 0 fully saturated rings. The summed E-state index contributed by atoms with van der Waals surface area (Å²) in [5.41, 5.74) is 5.03. The van der Waals surface area contributed by atoms with Crippen molar-refractivity contribution in [3.8, 4) is 22.8 Å². The first kappa shape index (κ1) is 13.4. The zero-order chi connectivity index (χ0) is 15.1. The van der Waals surface area contributed by atoms with Crippen molar-refractivity contribution >= 4 is 10.8 Å². The van der Waals surface area contributed by atoms with E-state index in [2.05, 4.69) is 31.0 Å². The summed E-state index contributed by atoms with van der Waals surface area (Å²) in [4.78, 5) is 4.62. The van der Waals surface area contributed by atoms with E-state index in [0.717, 1.165) is 27.7 Å². The number of aryl methyl sites for hydroxylation is 3. The Kier molecular flexibility index (Phi) is 3.05. The Hall–Kier alpha value is -2.55. The lowest BCUT2D eigenvalue weighted by Crippen LogP contribution is -1.91. The fourth-order valence-corrected chi connectivity index (χ4v) is 2.52. The van der Waals surface area contributed by atoms with Gasteiger partial charge in [0.1, 0.15) is 0 Å². The summed E-state index contributed by atoms with van der Waals surface area (Å²) in [6, 6.07) is 11.1. The molecule has 106 valence electrons. The SMILES string of the molecule is Cc1cc2cc(-c3ccc(O)c(O)c3)nc(C)c2cc1C. The molecule has 2 aromatic carbocycles. The number of pyridine rings is 1. The van der Waals surface area contributed by atoms with E-state index in [1.807, 2.05) is 13.0 Å². The van der Waals surface area contributed by atoms with Crippen molar-refractivity contribution in [3.63, 3.8) is 0 Å². The Bertz CT molecular complexity index is 853. The number of hydrogen-bond donors (Lipinski definition) is 2. The van der Waals surface area contributed by atoms with E-state index < -0.39 is 0 Å². The molecule has 0 aliphatic carbocycles. The van der Waals surface area contributed by atoms with E-state index in [9.17, 15) is 10.2 Å². The highest BCUT2D eigenvalue weighted by Gasteiger charge is 2.08. The van der Waals surface area contributed by atoms with Crippen molar-refractivity contribution in [3.05, 3.63) is 53.2 Å². The predicted octanol–water partition coefficient (Wildman–Crippen LogP) is 4.24. The molecule has 2 N–H and O–H groups in total. The third kappa shape index (κ3) is 2.31. The lowest BCUT2D eigenvalue weighted by Gasteiger charge is -2.10. The summed E-state index contributed by atoms with van der Waals surface area (Å²) in [6.45, 7) is 6.18. The molecule has 0 saturated heterocycles. The van der Waals surface area contributed by atoms with Gasteiger partial charge in [-0.1, -0.05) is 6.07 Å². The molecule has 0 unspecified atom stereocenters. The Morgan fingerprint density at radius 2 is 1.52 bits per heavy atom. The number of nitrogens with zero attached hydrogens (tertiary/aromatic N) is 1. The van der Waals surface area contributed by atoms with Crippen molar-refractivity contribution in [2.24, 2.45) is 0 Å². The number of hydrogen-bond acceptors (Lipinski definition) is 3. The maximum Gasteiger partial charge on any atom is 0.158 e. The molecule has 3 aromatic rings. The van der Waals surface area contributed by atoms with Gasteiger partial charge in [-0.3, -0.25) is 4.98 Å². The molecule has 21 heavy (non-hydrogen) atoms. The molecule has 1 aromatic heterocycles. The smallest absolute Gasteiger partial charge is 0.158 e. The van der Waals surface area contributed by atoms with Crippen LogP contribution >= 0.6 is 0 Å². The number of aromatic hydroxyl groups is 2. The van der Waals surface area contributed by atoms with Crippen molar-refractivity contribution in [2.45, 2.75) is 20.8 Å². The van der Waals surface area contributed by atoms with Crippen LogP contribution in [0.2, 0.25) is 0 Å². The summed E-state index contributed by atoms with van der Waals surface area (Å²) in [5, 5.41) is 21.3. The van der Waals surface area contributed by atoms with Gasteiger partial charge in [0, 0.05) is 16.6 Å². The van der Waals surface area contributed by atoms with Crippen LogP contribution in [0.15, 0.2) is 36.4 Å². The summed E-state index contributed by atoms with van der Waals surface area (Å²) in [7, 11) is 0. The molecule has 0 amide bonds. The predicted molar refractivity (Wildman–Crippen MR) is 84.7 cm³/mol. The monoisotopic (exact) mass is 279 g/mol. The third-order valence-corrected chi connectivity index (χ3v) is 3.91. The van der Waals surface area contributed by atoms with Crippen LogP contribution in [-0.2, 0) is 0 Å². The van der Waals surface area contributed by atoms with Gasteiger partial charge in [0.05, 0.1) is 5.69 Å². The summed E-state index contributed by atoms with van der Waals surface area (Å²) < 4.78 is 0. The fourth-order valence-electron chi connectivity index (χ4n) is 2.52. The molecule has 0 saturated carbocycles. The van der Waals surface area contributed by atoms with E-state index in [4.69, 9.17) is 0 Å². The Balaban J connectivity index is 2.24. The van der Waals surface area contributed by atoms with Crippen LogP contribution in [-0.4, -0.2) is 15.2 Å². The van der Waals surface area contributed by atoms with Gasteiger partial charge < -0.3 is 10.2 Å². The standard InChI is InChI=1S/C18H17NO2/c1-10-6-14-8-16(13-4-5-17(20)18(21)9-13)19-12(3)15(14)7-11(10)2/h4-9,20-21H,1-3H3. The lowest BCUT2D eigenvalue weighted by molar-refractivity contribution is 0.404. The van der Waals surface area contributed by atoms with Crippen LogP contribution in [0.4, 0.5) is 0 Å². The zero-order valence-corrected chi connectivity index (χ0v) is 12.3. The van der Waals surface area contributed by atoms with Crippen LogP contribution in [0.3, 0.4) is 0 Å². The molecule has 0 radical (unpaired) electrons. The average molecular weight is 279 g/mol. The van der Waals surface area contributed by atoms with Gasteiger partial charge in [-0.15, -0.1) is 0 Å². The van der Waals surface area contributed by atoms with E-state index >= 15 is 0 Å². The number of aromatic nitrogens is 1. The molecule has 0 bridgehead atoms. The van der Waals surface area contributed by atoms with Gasteiger partial charge in [0.2, 0.25) is 0 Å². The van der Waals surface area contributed by atoms with Gasteiger partial charge >= 0.3 is 0 Å². The van der Waals surface area contributed by atoms with Gasteiger partial charge in [-0.25, -0.2) is 0 Å². The second-order valence-corrected chi connectivity index (χ2v) is 5.45. The fraction of sp³-hybridized carbons (Fsp3) is 0.167. The van der Waals surface area contributed by atoms with Crippen LogP contribution in [0.1, 0.15) is 16.8 Å². The quantitative estimate of drug-likeness (QED) is 0.655. The Morgan fingerprint density at radius 1 is 0.810 bits per heavy atom. The van der Waals surface area contributed by atoms with E-state index in [1.165, 1.54) is 23.3 Å². The summed E-state index contributed by atoms with van der Waals surface area (Å²) in [6.07, 6.45) is 0. The topological polar surface area (TPSA) is 53.4 Å². The highest BCUT2D eigenvalue weighted by molar-refractivity contribution is 5.89. The van der Waals surface area contributed by atoms with Crippen LogP contribution in [0, 0.1) is 20.8 Å². The molecule has 3 rings (SSSR count). The Labute approximate surface area is 123 Å². The van der Waals surface area contributed by atoms with Crippen LogP contribution in [0.25, 0.3) is 22.0 Å². The molecule has 1 heterocycles. The van der Waals surface area contributed by atoms with Gasteiger partial charge in [-0.05, 0) is 67.6 Å². The zero-order valence-electron chi connectivity index (χ0n) is 12.3. The molecule has 0 spiro atoms. The van der Waals surface area contributed by atoms with Gasteiger partial charge in [-0.2, -0.15) is 0 Å². The van der Waals surface area contributed by atoms with E-state index in [1.54, 1.807) is 6.07 Å². The number of rotatable bonds is 1. The van der Waals surface area contributed by atoms with Crippen molar-refractivity contribution in [2.75, 3.05) is 0 Å². The maximum atomic E-state index is 9.65. The summed E-state index contributed by atoms with van der Waals surface area (Å²) in [5.74, 6) is -0.255. The maximum absolute atomic E-state index is 9.65. The minimum absolute atomic E-state index is 0.122. The van der Waals surface area contributed by atoms with Crippen LogP contribution < -0.4 is 0 Å². The molecule has 0 aliphatic heterocycles. The van der Waals surface area contributed by atoms with E-state index in [-0.39, 0.29) is 11.5 Å². The number of phenolic OH excluding ortho intramolecular Hbond substituents is 2. The molecule has 0 aliphatic rings. The summed E-state index contributed by atoms with van der Waals surface area (Å²) >= 11 is 0. The molecular weight excluding hydrogens is 262 g/mol. The third-order valence-electron chi connectivity index (χ3n) is 3.91. The molecular formula is C18H17NO2. The van der Waals surface area contributed by atoms with Crippen molar-refractivity contribution in [1.82, 2.24) is 4.98 Å². The highest BCUT2D eigenvalue weighted by atomic mass is 16.3. The molecule has 0 atom stereocenters. The minimum Gasteiger partial charge on any atom is -0.504 e.